The maximum Gasteiger partial charge on any atom is 0.243 e. The number of rotatable bonds is 10. The van der Waals surface area contributed by atoms with Crippen molar-refractivity contribution in [2.45, 2.75) is 46.8 Å². The Hall–Kier alpha value is -2.59. The summed E-state index contributed by atoms with van der Waals surface area (Å²) in [6.45, 7) is 1.44. The van der Waals surface area contributed by atoms with Gasteiger partial charge in [-0.1, -0.05) is 11.2 Å². The second-order valence-electron chi connectivity index (χ2n) is 9.88. The van der Waals surface area contributed by atoms with Crippen molar-refractivity contribution >= 4 is 31.0 Å². The van der Waals surface area contributed by atoms with Gasteiger partial charge in [0.1, 0.15) is 18.5 Å². The molecule has 2 atom stereocenters. The molecule has 12 nitrogen and oxygen atoms in total. The highest BCUT2D eigenvalue weighted by molar-refractivity contribution is 7.89. The number of fused-ring (bicyclic) bond motifs is 1. The zero-order valence-corrected chi connectivity index (χ0v) is 23.1. The molecule has 1 aromatic heterocycles. The fraction of sp³-hybridized carbons (Fsp3) is 0.480. The van der Waals surface area contributed by atoms with E-state index in [1.165, 1.54) is 35.7 Å². The number of sulfonamides is 2. The molecule has 2 saturated heterocycles. The minimum absolute atomic E-state index is 0.0116. The van der Waals surface area contributed by atoms with Crippen molar-refractivity contribution in [2.24, 2.45) is 0 Å². The number of hydrogen-bond acceptors (Lipinski definition) is 10. The van der Waals surface area contributed by atoms with Crippen molar-refractivity contribution in [2.75, 3.05) is 39.9 Å². The standard InChI is InChI=1S/C25H32N4O8S2/c1-26-38(31,32)22-4-2-3-21(12-22)35-17-20(30)15-27-19-13-25(36-16-19)7-9-29(10-8-25)39(33,34)23-5-6-24-18(11-23)14-28-37-24/h2-6,11-12,14,19-20,26-27,30H,7-10,13,15-17H2,1H3. The average Bonchev–Trinajstić information content (AvgIpc) is 3.58. The van der Waals surface area contributed by atoms with Crippen molar-refractivity contribution in [3.05, 3.63) is 48.7 Å². The van der Waals surface area contributed by atoms with E-state index in [4.69, 9.17) is 14.0 Å². The first kappa shape index (κ1) is 28.0. The first-order valence-corrected chi connectivity index (χ1v) is 15.6. The van der Waals surface area contributed by atoms with E-state index >= 15 is 0 Å². The van der Waals surface area contributed by atoms with Crippen LogP contribution in [0.3, 0.4) is 0 Å². The van der Waals surface area contributed by atoms with Crippen molar-refractivity contribution in [1.82, 2.24) is 19.5 Å². The van der Waals surface area contributed by atoms with Crippen LogP contribution >= 0.6 is 0 Å². The van der Waals surface area contributed by atoms with Gasteiger partial charge in [-0.05, 0) is 56.6 Å². The third-order valence-corrected chi connectivity index (χ3v) is 10.6. The van der Waals surface area contributed by atoms with Gasteiger partial charge in [-0.15, -0.1) is 0 Å². The second-order valence-corrected chi connectivity index (χ2v) is 13.7. The monoisotopic (exact) mass is 580 g/mol. The average molecular weight is 581 g/mol. The molecule has 2 unspecified atom stereocenters. The zero-order valence-electron chi connectivity index (χ0n) is 21.4. The third kappa shape index (κ3) is 6.11. The lowest BCUT2D eigenvalue weighted by atomic mass is 9.88. The third-order valence-electron chi connectivity index (χ3n) is 7.27. The maximum atomic E-state index is 13.2. The van der Waals surface area contributed by atoms with Gasteiger partial charge in [0.15, 0.2) is 5.58 Å². The fourth-order valence-corrected chi connectivity index (χ4v) is 7.26. The molecule has 3 N–H and O–H groups in total. The number of nitrogens with one attached hydrogen (secondary N) is 2. The van der Waals surface area contributed by atoms with E-state index in [2.05, 4.69) is 15.2 Å². The summed E-state index contributed by atoms with van der Waals surface area (Å²) in [7, 11) is -5.90. The molecule has 5 rings (SSSR count). The van der Waals surface area contributed by atoms with E-state index in [1.807, 2.05) is 0 Å². The Labute approximate surface area is 227 Å². The molecule has 0 aliphatic carbocycles. The molecule has 2 aromatic carbocycles. The predicted octanol–water partition coefficient (Wildman–Crippen LogP) is 1.08. The van der Waals surface area contributed by atoms with E-state index in [0.29, 0.717) is 55.7 Å². The highest BCUT2D eigenvalue weighted by Crippen LogP contribution is 2.37. The summed E-state index contributed by atoms with van der Waals surface area (Å²) in [5.41, 5.74) is 0.137. The van der Waals surface area contributed by atoms with Crippen LogP contribution in [0.1, 0.15) is 19.3 Å². The maximum absolute atomic E-state index is 13.2. The largest absolute Gasteiger partial charge is 0.491 e. The van der Waals surface area contributed by atoms with Crippen molar-refractivity contribution in [3.63, 3.8) is 0 Å². The SMILES string of the molecule is CNS(=O)(=O)c1cccc(OCC(O)CNC2COC3(CCN(S(=O)(=O)c4ccc5oncc5c4)CC3)C2)c1. The van der Waals surface area contributed by atoms with Gasteiger partial charge >= 0.3 is 0 Å². The minimum Gasteiger partial charge on any atom is -0.491 e. The van der Waals surface area contributed by atoms with Crippen LogP contribution in [0.15, 0.2) is 63.0 Å². The Bertz CT molecular complexity index is 1520. The molecule has 3 aromatic rings. The molecule has 3 heterocycles. The first-order chi connectivity index (χ1) is 18.6. The second kappa shape index (κ2) is 11.1. The van der Waals surface area contributed by atoms with Crippen molar-refractivity contribution in [3.8, 4) is 5.75 Å². The number of aromatic nitrogens is 1. The molecular formula is C25H32N4O8S2. The topological polar surface area (TPSA) is 160 Å². The molecule has 2 aliphatic heterocycles. The number of nitrogens with zero attached hydrogens (tertiary/aromatic N) is 2. The summed E-state index contributed by atoms with van der Waals surface area (Å²) in [6, 6.07) is 10.8. The number of piperidine rings is 1. The van der Waals surface area contributed by atoms with Crippen molar-refractivity contribution in [1.29, 1.82) is 0 Å². The Morgan fingerprint density at radius 2 is 1.95 bits per heavy atom. The molecule has 0 bridgehead atoms. The van der Waals surface area contributed by atoms with Crippen LogP contribution in [0.4, 0.5) is 0 Å². The smallest absolute Gasteiger partial charge is 0.243 e. The lowest BCUT2D eigenvalue weighted by molar-refractivity contribution is -0.0312. The van der Waals surface area contributed by atoms with E-state index in [0.717, 1.165) is 0 Å². The molecule has 39 heavy (non-hydrogen) atoms. The number of aliphatic hydroxyl groups is 1. The molecule has 2 aliphatic rings. The summed E-state index contributed by atoms with van der Waals surface area (Å²) in [5.74, 6) is 0.344. The van der Waals surface area contributed by atoms with Gasteiger partial charge in [-0.3, -0.25) is 0 Å². The van der Waals surface area contributed by atoms with Gasteiger partial charge in [-0.2, -0.15) is 4.31 Å². The van der Waals surface area contributed by atoms with Crippen LogP contribution in [0.5, 0.6) is 5.75 Å². The number of ether oxygens (including phenoxy) is 2. The summed E-state index contributed by atoms with van der Waals surface area (Å²) >= 11 is 0. The van der Waals surface area contributed by atoms with Gasteiger partial charge in [-0.25, -0.2) is 21.6 Å². The molecule has 0 radical (unpaired) electrons. The van der Waals surface area contributed by atoms with E-state index in [9.17, 15) is 21.9 Å². The number of hydrogen-bond donors (Lipinski definition) is 3. The van der Waals surface area contributed by atoms with Gasteiger partial charge in [0.05, 0.1) is 28.2 Å². The number of aliphatic hydroxyl groups excluding tert-OH is 1. The molecule has 212 valence electrons. The first-order valence-electron chi connectivity index (χ1n) is 12.7. The molecule has 0 saturated carbocycles. The van der Waals surface area contributed by atoms with Crippen LogP contribution in [0.25, 0.3) is 11.0 Å². The molecule has 2 fully saturated rings. The minimum atomic E-state index is -3.65. The Balaban J connectivity index is 1.08. The van der Waals surface area contributed by atoms with Crippen LogP contribution in [-0.2, 0) is 24.8 Å². The summed E-state index contributed by atoms with van der Waals surface area (Å²) in [5, 5.41) is 18.0. The van der Waals surface area contributed by atoms with Gasteiger partial charge in [0, 0.05) is 37.1 Å². The van der Waals surface area contributed by atoms with Gasteiger partial charge in [0.25, 0.3) is 0 Å². The van der Waals surface area contributed by atoms with Gasteiger partial charge in [0.2, 0.25) is 20.0 Å². The summed E-state index contributed by atoms with van der Waals surface area (Å²) in [6.07, 6.45) is 2.55. The van der Waals surface area contributed by atoms with E-state index < -0.39 is 31.8 Å². The van der Waals surface area contributed by atoms with Crippen LogP contribution in [0, 0.1) is 0 Å². The van der Waals surface area contributed by atoms with E-state index in [-0.39, 0.29) is 29.0 Å². The normalized spacial score (nSPS) is 20.9. The zero-order chi connectivity index (χ0) is 27.7. The lowest BCUT2D eigenvalue weighted by Gasteiger charge is -2.38. The predicted molar refractivity (Wildman–Crippen MR) is 141 cm³/mol. The molecule has 1 spiro atoms. The van der Waals surface area contributed by atoms with Crippen LogP contribution in [-0.4, -0.2) is 89.0 Å². The molecule has 14 heteroatoms. The lowest BCUT2D eigenvalue weighted by Crippen LogP contribution is -2.47. The Kier molecular flexibility index (Phi) is 7.97. The van der Waals surface area contributed by atoms with Gasteiger partial charge < -0.3 is 24.4 Å². The summed E-state index contributed by atoms with van der Waals surface area (Å²) in [4.78, 5) is 0.298. The Morgan fingerprint density at radius 1 is 1.15 bits per heavy atom. The van der Waals surface area contributed by atoms with Crippen LogP contribution in [0.2, 0.25) is 0 Å². The van der Waals surface area contributed by atoms with Crippen molar-refractivity contribution < 1.29 is 35.9 Å². The highest BCUT2D eigenvalue weighted by atomic mass is 32.2. The molecular weight excluding hydrogens is 548 g/mol. The quantitative estimate of drug-likeness (QED) is 0.317. The summed E-state index contributed by atoms with van der Waals surface area (Å²) < 4.78 is 70.9. The Morgan fingerprint density at radius 3 is 2.72 bits per heavy atom. The number of benzene rings is 2. The molecule has 0 amide bonds. The van der Waals surface area contributed by atoms with Crippen LogP contribution < -0.4 is 14.8 Å². The van der Waals surface area contributed by atoms with E-state index in [1.54, 1.807) is 24.3 Å². The highest BCUT2D eigenvalue weighted by Gasteiger charge is 2.44. The fourth-order valence-electron chi connectivity index (χ4n) is 5.02.